The molecule has 3 aromatic rings. The summed E-state index contributed by atoms with van der Waals surface area (Å²) in [6.45, 7) is 1.15. The molecule has 0 saturated heterocycles. The van der Waals surface area contributed by atoms with Crippen LogP contribution in [0.4, 0.5) is 5.69 Å². The Kier molecular flexibility index (Phi) is 5.24. The van der Waals surface area contributed by atoms with Gasteiger partial charge in [0.05, 0.1) is 5.69 Å². The van der Waals surface area contributed by atoms with Crippen molar-refractivity contribution >= 4 is 11.6 Å². The second-order valence-corrected chi connectivity index (χ2v) is 5.49. The van der Waals surface area contributed by atoms with Crippen molar-refractivity contribution in [2.45, 2.75) is 13.0 Å². The third-order valence-electron chi connectivity index (χ3n) is 3.71. The predicted molar refractivity (Wildman–Crippen MR) is 95.4 cm³/mol. The summed E-state index contributed by atoms with van der Waals surface area (Å²) < 4.78 is 0. The highest BCUT2D eigenvalue weighted by atomic mass is 16.1. The molecule has 0 aliphatic rings. The molecule has 1 amide bonds. The summed E-state index contributed by atoms with van der Waals surface area (Å²) in [5, 5.41) is 13.0. The van der Waals surface area contributed by atoms with E-state index in [0.717, 1.165) is 22.5 Å². The number of carbonyl (C=O) groups excluding carboxylic acids is 1. The Balaban J connectivity index is 1.41. The van der Waals surface area contributed by atoms with Crippen LogP contribution in [0.2, 0.25) is 0 Å². The number of aromatic amines is 1. The number of hydrogen-bond donors (Lipinski definition) is 3. The zero-order valence-electron chi connectivity index (χ0n) is 13.3. The Morgan fingerprint density at radius 1 is 1.00 bits per heavy atom. The van der Waals surface area contributed by atoms with Gasteiger partial charge in [-0.2, -0.15) is 5.10 Å². The minimum absolute atomic E-state index is 0.0380. The third kappa shape index (κ3) is 4.46. The van der Waals surface area contributed by atoms with Gasteiger partial charge in [-0.25, -0.2) is 0 Å². The van der Waals surface area contributed by atoms with E-state index in [9.17, 15) is 4.79 Å². The highest BCUT2D eigenvalue weighted by Gasteiger charge is 2.03. The van der Waals surface area contributed by atoms with E-state index in [1.165, 1.54) is 0 Å². The molecule has 0 aliphatic carbocycles. The van der Waals surface area contributed by atoms with Crippen LogP contribution >= 0.6 is 0 Å². The molecule has 2 aromatic carbocycles. The monoisotopic (exact) mass is 320 g/mol. The van der Waals surface area contributed by atoms with E-state index in [1.54, 1.807) is 6.20 Å². The standard InChI is InChI=1S/C19H20N4O/c24-19(11-12-20-17-4-2-1-3-5-17)21-14-15-6-8-16(9-7-15)18-10-13-22-23-18/h1-10,13,20H,11-12,14H2,(H,21,24)(H,22,23). The summed E-state index contributed by atoms with van der Waals surface area (Å²) in [7, 11) is 0. The maximum absolute atomic E-state index is 11.9. The van der Waals surface area contributed by atoms with Crippen molar-refractivity contribution in [1.82, 2.24) is 15.5 Å². The third-order valence-corrected chi connectivity index (χ3v) is 3.71. The first kappa shape index (κ1) is 15.8. The molecule has 3 rings (SSSR count). The Morgan fingerprint density at radius 3 is 2.50 bits per heavy atom. The number of anilines is 1. The van der Waals surface area contributed by atoms with Gasteiger partial charge >= 0.3 is 0 Å². The number of rotatable bonds is 7. The van der Waals surface area contributed by atoms with Crippen LogP contribution in [0.25, 0.3) is 11.3 Å². The maximum atomic E-state index is 11.9. The maximum Gasteiger partial charge on any atom is 0.222 e. The first-order valence-corrected chi connectivity index (χ1v) is 7.95. The lowest BCUT2D eigenvalue weighted by atomic mass is 10.1. The number of H-pyrrole nitrogens is 1. The van der Waals surface area contributed by atoms with Crippen molar-refractivity contribution in [3.63, 3.8) is 0 Å². The quantitative estimate of drug-likeness (QED) is 0.626. The molecule has 3 N–H and O–H groups in total. The molecule has 0 saturated carbocycles. The summed E-state index contributed by atoms with van der Waals surface area (Å²) in [5.74, 6) is 0.0380. The van der Waals surface area contributed by atoms with Crippen molar-refractivity contribution in [2.75, 3.05) is 11.9 Å². The van der Waals surface area contributed by atoms with Crippen LogP contribution in [-0.4, -0.2) is 22.6 Å². The van der Waals surface area contributed by atoms with Gasteiger partial charge in [-0.05, 0) is 29.3 Å². The van der Waals surface area contributed by atoms with Crippen molar-refractivity contribution in [1.29, 1.82) is 0 Å². The van der Waals surface area contributed by atoms with Gasteiger partial charge in [0.25, 0.3) is 0 Å². The molecular weight excluding hydrogens is 300 g/mol. The molecule has 0 fully saturated rings. The van der Waals surface area contributed by atoms with Gasteiger partial charge in [0.1, 0.15) is 0 Å². The minimum Gasteiger partial charge on any atom is -0.385 e. The van der Waals surface area contributed by atoms with Crippen molar-refractivity contribution in [2.24, 2.45) is 0 Å². The Bertz CT molecular complexity index is 752. The average Bonchev–Trinajstić information content (AvgIpc) is 3.16. The van der Waals surface area contributed by atoms with E-state index < -0.39 is 0 Å². The van der Waals surface area contributed by atoms with Gasteiger partial charge < -0.3 is 10.6 Å². The highest BCUT2D eigenvalue weighted by molar-refractivity contribution is 5.76. The van der Waals surface area contributed by atoms with Crippen molar-refractivity contribution in [3.05, 3.63) is 72.4 Å². The fraction of sp³-hybridized carbons (Fsp3) is 0.158. The second-order valence-electron chi connectivity index (χ2n) is 5.49. The molecule has 1 aromatic heterocycles. The number of nitrogens with zero attached hydrogens (tertiary/aromatic N) is 1. The summed E-state index contributed by atoms with van der Waals surface area (Å²) >= 11 is 0. The summed E-state index contributed by atoms with van der Waals surface area (Å²) in [6, 6.07) is 19.9. The van der Waals surface area contributed by atoms with Crippen LogP contribution in [0.15, 0.2) is 66.9 Å². The molecule has 122 valence electrons. The lowest BCUT2D eigenvalue weighted by Crippen LogP contribution is -2.24. The molecule has 5 heteroatoms. The van der Waals surface area contributed by atoms with Gasteiger partial charge in [-0.15, -0.1) is 0 Å². The van der Waals surface area contributed by atoms with Crippen LogP contribution in [-0.2, 0) is 11.3 Å². The topological polar surface area (TPSA) is 69.8 Å². The van der Waals surface area contributed by atoms with E-state index >= 15 is 0 Å². The fourth-order valence-corrected chi connectivity index (χ4v) is 2.38. The number of benzene rings is 2. The van der Waals surface area contributed by atoms with Crippen LogP contribution in [0.1, 0.15) is 12.0 Å². The van der Waals surface area contributed by atoms with E-state index in [2.05, 4.69) is 20.8 Å². The van der Waals surface area contributed by atoms with Crippen LogP contribution in [0.5, 0.6) is 0 Å². The summed E-state index contributed by atoms with van der Waals surface area (Å²) in [4.78, 5) is 11.9. The predicted octanol–water partition coefficient (Wildman–Crippen LogP) is 3.20. The number of aromatic nitrogens is 2. The van der Waals surface area contributed by atoms with Gasteiger partial charge in [0.2, 0.25) is 5.91 Å². The fourth-order valence-electron chi connectivity index (χ4n) is 2.38. The molecule has 0 bridgehead atoms. The smallest absolute Gasteiger partial charge is 0.222 e. The number of nitrogens with one attached hydrogen (secondary N) is 3. The van der Waals surface area contributed by atoms with E-state index in [-0.39, 0.29) is 5.91 Å². The van der Waals surface area contributed by atoms with Gasteiger partial charge in [0, 0.05) is 31.4 Å². The Morgan fingerprint density at radius 2 is 1.79 bits per heavy atom. The largest absolute Gasteiger partial charge is 0.385 e. The number of amides is 1. The molecule has 5 nitrogen and oxygen atoms in total. The molecule has 0 atom stereocenters. The zero-order valence-corrected chi connectivity index (χ0v) is 13.3. The number of hydrogen-bond acceptors (Lipinski definition) is 3. The van der Waals surface area contributed by atoms with E-state index in [0.29, 0.717) is 19.5 Å². The highest BCUT2D eigenvalue weighted by Crippen LogP contribution is 2.16. The molecule has 1 heterocycles. The van der Waals surface area contributed by atoms with Crippen LogP contribution < -0.4 is 10.6 Å². The molecule has 24 heavy (non-hydrogen) atoms. The van der Waals surface area contributed by atoms with Gasteiger partial charge in [-0.1, -0.05) is 42.5 Å². The zero-order chi connectivity index (χ0) is 16.6. The number of para-hydroxylation sites is 1. The Hall–Kier alpha value is -3.08. The molecule has 0 unspecified atom stereocenters. The first-order chi connectivity index (χ1) is 11.8. The van der Waals surface area contributed by atoms with E-state index in [4.69, 9.17) is 0 Å². The molecule has 0 spiro atoms. The van der Waals surface area contributed by atoms with Crippen molar-refractivity contribution in [3.8, 4) is 11.3 Å². The molecule has 0 radical (unpaired) electrons. The Labute approximate surface area is 141 Å². The molecular formula is C19H20N4O. The van der Waals surface area contributed by atoms with Gasteiger partial charge in [0.15, 0.2) is 0 Å². The minimum atomic E-state index is 0.0380. The van der Waals surface area contributed by atoms with Crippen LogP contribution in [0.3, 0.4) is 0 Å². The summed E-state index contributed by atoms with van der Waals surface area (Å²) in [5.41, 5.74) is 4.16. The molecule has 0 aliphatic heterocycles. The lowest BCUT2D eigenvalue weighted by Gasteiger charge is -2.08. The average molecular weight is 320 g/mol. The van der Waals surface area contributed by atoms with Crippen LogP contribution in [0, 0.1) is 0 Å². The first-order valence-electron chi connectivity index (χ1n) is 7.95. The number of carbonyl (C=O) groups is 1. The lowest BCUT2D eigenvalue weighted by molar-refractivity contribution is -0.121. The second kappa shape index (κ2) is 7.97. The van der Waals surface area contributed by atoms with E-state index in [1.807, 2.05) is 60.7 Å². The normalized spacial score (nSPS) is 10.3. The SMILES string of the molecule is O=C(CCNc1ccccc1)NCc1ccc(-c2ccn[nH]2)cc1. The summed E-state index contributed by atoms with van der Waals surface area (Å²) in [6.07, 6.45) is 2.17. The van der Waals surface area contributed by atoms with Gasteiger partial charge in [-0.3, -0.25) is 9.89 Å². The van der Waals surface area contributed by atoms with Crippen molar-refractivity contribution < 1.29 is 4.79 Å².